The van der Waals surface area contributed by atoms with Crippen LogP contribution in [-0.2, 0) is 11.6 Å². The van der Waals surface area contributed by atoms with Crippen LogP contribution in [0.3, 0.4) is 0 Å². The molecule has 0 bridgehead atoms. The SMILES string of the molecule is CC.Cc1cc(O)cc(C(C)(C)C)c1C(F)(F)F. The molecule has 4 heteroatoms. The summed E-state index contributed by atoms with van der Waals surface area (Å²) in [6.07, 6.45) is -4.39. The average molecular weight is 262 g/mol. The molecule has 0 aliphatic carbocycles. The van der Waals surface area contributed by atoms with Gasteiger partial charge in [-0.15, -0.1) is 0 Å². The summed E-state index contributed by atoms with van der Waals surface area (Å²) in [6.45, 7) is 10.4. The standard InChI is InChI=1S/C12H15F3O.C2H6/c1-7-5-8(16)6-9(11(2,3)4)10(7)12(13,14)15;1-2/h5-6,16H,1-4H3;1-2H3. The number of aromatic hydroxyl groups is 1. The lowest BCUT2D eigenvalue weighted by Crippen LogP contribution is -2.20. The van der Waals surface area contributed by atoms with E-state index in [1.807, 2.05) is 13.8 Å². The van der Waals surface area contributed by atoms with Gasteiger partial charge in [-0.3, -0.25) is 0 Å². The number of hydrogen-bond acceptors (Lipinski definition) is 1. The second-order valence-electron chi connectivity index (χ2n) is 4.93. The molecule has 0 aliphatic rings. The van der Waals surface area contributed by atoms with Crippen LogP contribution < -0.4 is 0 Å². The van der Waals surface area contributed by atoms with Crippen molar-refractivity contribution in [3.8, 4) is 5.75 Å². The Morgan fingerprint density at radius 3 is 1.78 bits per heavy atom. The molecule has 1 rings (SSSR count). The smallest absolute Gasteiger partial charge is 0.416 e. The van der Waals surface area contributed by atoms with Gasteiger partial charge < -0.3 is 5.11 Å². The van der Waals surface area contributed by atoms with Crippen LogP contribution in [0.5, 0.6) is 5.75 Å². The lowest BCUT2D eigenvalue weighted by Gasteiger charge is -2.25. The fourth-order valence-corrected chi connectivity index (χ4v) is 1.74. The Morgan fingerprint density at radius 1 is 1.00 bits per heavy atom. The topological polar surface area (TPSA) is 20.2 Å². The van der Waals surface area contributed by atoms with Crippen LogP contribution in [0.1, 0.15) is 51.3 Å². The van der Waals surface area contributed by atoms with E-state index in [-0.39, 0.29) is 16.9 Å². The molecule has 0 atom stereocenters. The van der Waals surface area contributed by atoms with Crippen molar-refractivity contribution >= 4 is 0 Å². The lowest BCUT2D eigenvalue weighted by atomic mass is 9.82. The summed E-state index contributed by atoms with van der Waals surface area (Å²) in [5, 5.41) is 9.38. The van der Waals surface area contributed by atoms with E-state index in [1.54, 1.807) is 20.8 Å². The molecule has 1 aromatic rings. The Hall–Kier alpha value is -1.19. The molecule has 0 saturated heterocycles. The summed E-state index contributed by atoms with van der Waals surface area (Å²) in [5.74, 6) is -0.129. The molecule has 0 aromatic heterocycles. The second-order valence-corrected chi connectivity index (χ2v) is 4.93. The van der Waals surface area contributed by atoms with Crippen molar-refractivity contribution in [2.75, 3.05) is 0 Å². The minimum atomic E-state index is -4.39. The van der Waals surface area contributed by atoms with E-state index >= 15 is 0 Å². The first kappa shape index (κ1) is 16.8. The van der Waals surface area contributed by atoms with E-state index in [9.17, 15) is 18.3 Å². The van der Waals surface area contributed by atoms with Crippen LogP contribution in [0, 0.1) is 6.92 Å². The average Bonchev–Trinajstić information content (AvgIpc) is 2.15. The first-order chi connectivity index (χ1) is 8.03. The first-order valence-corrected chi connectivity index (χ1v) is 5.95. The third-order valence-corrected chi connectivity index (χ3v) is 2.41. The van der Waals surface area contributed by atoms with Crippen LogP contribution >= 0.6 is 0 Å². The van der Waals surface area contributed by atoms with E-state index in [0.29, 0.717) is 0 Å². The number of phenolic OH excluding ortho intramolecular Hbond substituents is 1. The lowest BCUT2D eigenvalue weighted by molar-refractivity contribution is -0.139. The molecule has 1 N–H and O–H groups in total. The Morgan fingerprint density at radius 2 is 1.44 bits per heavy atom. The van der Waals surface area contributed by atoms with Gasteiger partial charge in [0.05, 0.1) is 5.56 Å². The van der Waals surface area contributed by atoms with Crippen molar-refractivity contribution in [2.24, 2.45) is 0 Å². The molecule has 0 saturated carbocycles. The maximum atomic E-state index is 12.9. The van der Waals surface area contributed by atoms with Gasteiger partial charge >= 0.3 is 6.18 Å². The van der Waals surface area contributed by atoms with Gasteiger partial charge in [0.2, 0.25) is 0 Å². The number of halogens is 3. The number of benzene rings is 1. The molecule has 0 spiro atoms. The Balaban J connectivity index is 0.00000137. The molecular formula is C14H21F3O. The van der Waals surface area contributed by atoms with Crippen molar-refractivity contribution in [3.63, 3.8) is 0 Å². The van der Waals surface area contributed by atoms with Gasteiger partial charge in [0.1, 0.15) is 5.75 Å². The fraction of sp³-hybridized carbons (Fsp3) is 0.571. The molecule has 1 aromatic carbocycles. The van der Waals surface area contributed by atoms with E-state index in [0.717, 1.165) is 6.07 Å². The number of alkyl halides is 3. The second kappa shape index (κ2) is 5.63. The summed E-state index contributed by atoms with van der Waals surface area (Å²) >= 11 is 0. The molecule has 0 unspecified atom stereocenters. The minimum absolute atomic E-state index is 0.0532. The number of phenols is 1. The highest BCUT2D eigenvalue weighted by Crippen LogP contribution is 2.41. The van der Waals surface area contributed by atoms with Crippen molar-refractivity contribution < 1.29 is 18.3 Å². The summed E-state index contributed by atoms with van der Waals surface area (Å²) in [7, 11) is 0. The van der Waals surface area contributed by atoms with Crippen LogP contribution in [0.15, 0.2) is 12.1 Å². The Bertz CT molecular complexity index is 401. The molecule has 18 heavy (non-hydrogen) atoms. The molecular weight excluding hydrogens is 241 g/mol. The highest BCUT2D eigenvalue weighted by atomic mass is 19.4. The van der Waals surface area contributed by atoms with E-state index in [2.05, 4.69) is 0 Å². The predicted octanol–water partition coefficient (Wildman–Crippen LogP) is 5.04. The third-order valence-electron chi connectivity index (χ3n) is 2.41. The number of aryl methyl sites for hydroxylation is 1. The third kappa shape index (κ3) is 3.93. The predicted molar refractivity (Wildman–Crippen MR) is 67.9 cm³/mol. The molecule has 0 radical (unpaired) electrons. The fourth-order valence-electron chi connectivity index (χ4n) is 1.74. The number of rotatable bonds is 0. The largest absolute Gasteiger partial charge is 0.508 e. The van der Waals surface area contributed by atoms with E-state index in [1.165, 1.54) is 13.0 Å². The van der Waals surface area contributed by atoms with Gasteiger partial charge in [-0.2, -0.15) is 13.2 Å². The van der Waals surface area contributed by atoms with Gasteiger partial charge in [-0.25, -0.2) is 0 Å². The summed E-state index contributed by atoms with van der Waals surface area (Å²) in [5.41, 5.74) is -1.12. The van der Waals surface area contributed by atoms with Crippen molar-refractivity contribution in [1.82, 2.24) is 0 Å². The minimum Gasteiger partial charge on any atom is -0.508 e. The van der Waals surface area contributed by atoms with Crippen LogP contribution in [0.4, 0.5) is 13.2 Å². The van der Waals surface area contributed by atoms with E-state index < -0.39 is 17.2 Å². The quantitative estimate of drug-likeness (QED) is 0.694. The van der Waals surface area contributed by atoms with Crippen LogP contribution in [0.2, 0.25) is 0 Å². The highest BCUT2D eigenvalue weighted by molar-refractivity contribution is 5.45. The molecule has 1 nitrogen and oxygen atoms in total. The maximum Gasteiger partial charge on any atom is 0.416 e. The molecule has 104 valence electrons. The van der Waals surface area contributed by atoms with Gasteiger partial charge in [0, 0.05) is 0 Å². The zero-order chi connectivity index (χ0) is 14.7. The van der Waals surface area contributed by atoms with Crippen molar-refractivity contribution in [1.29, 1.82) is 0 Å². The van der Waals surface area contributed by atoms with Crippen molar-refractivity contribution in [2.45, 2.75) is 53.1 Å². The summed E-state index contributed by atoms with van der Waals surface area (Å²) in [4.78, 5) is 0. The van der Waals surface area contributed by atoms with Gasteiger partial charge in [-0.1, -0.05) is 34.6 Å². The maximum absolute atomic E-state index is 12.9. The van der Waals surface area contributed by atoms with E-state index in [4.69, 9.17) is 0 Å². The summed E-state index contributed by atoms with van der Waals surface area (Å²) < 4.78 is 38.7. The molecule has 0 fully saturated rings. The zero-order valence-electron chi connectivity index (χ0n) is 11.7. The Kier molecular flexibility index (Phi) is 5.26. The summed E-state index contributed by atoms with van der Waals surface area (Å²) in [6, 6.07) is 2.33. The van der Waals surface area contributed by atoms with Crippen molar-refractivity contribution in [3.05, 3.63) is 28.8 Å². The number of hydrogen-bond donors (Lipinski definition) is 1. The monoisotopic (exact) mass is 262 g/mol. The van der Waals surface area contributed by atoms with Gasteiger partial charge in [0.15, 0.2) is 0 Å². The zero-order valence-corrected chi connectivity index (χ0v) is 11.7. The van der Waals surface area contributed by atoms with Gasteiger partial charge in [0.25, 0.3) is 0 Å². The van der Waals surface area contributed by atoms with Crippen LogP contribution in [-0.4, -0.2) is 5.11 Å². The molecule has 0 aliphatic heterocycles. The Labute approximate surface area is 107 Å². The first-order valence-electron chi connectivity index (χ1n) is 5.95. The molecule has 0 heterocycles. The highest BCUT2D eigenvalue weighted by Gasteiger charge is 2.38. The van der Waals surface area contributed by atoms with Crippen LogP contribution in [0.25, 0.3) is 0 Å². The molecule has 0 amide bonds. The van der Waals surface area contributed by atoms with Gasteiger partial charge in [-0.05, 0) is 35.6 Å². The normalized spacial score (nSPS) is 11.8.